The molecule has 0 aliphatic carbocycles. The monoisotopic (exact) mass is 611 g/mol. The summed E-state index contributed by atoms with van der Waals surface area (Å²) in [6.45, 7) is 1.08. The van der Waals surface area contributed by atoms with E-state index in [-0.39, 0.29) is 32.1 Å². The standard InChI is InChI=1S/C17H11FN.C11H10N2.Ir/c18-16-8-4-7-14(11-16)17-10-9-15(12-19-17)13-5-2-1-3-6-13;1-2-4-10-9(3-1)5-7-13-8-6-12-11(10)13;/h1-6,8-12H;1-3,6,8,11H,5,7H2;/q-1;-2;+3. The molecular weight excluding hydrogens is 590 g/mol. The third kappa shape index (κ3) is 5.22. The molecule has 6 rings (SSSR count). The third-order valence-corrected chi connectivity index (χ3v) is 5.59. The molecule has 3 heterocycles. The van der Waals surface area contributed by atoms with E-state index in [4.69, 9.17) is 0 Å². The topological polar surface area (TPSA) is 30.2 Å². The SMILES string of the molecule is Fc1cc[c-]c(-c2ccc(-c3ccccc3)cn2)c1.[Ir+3].[c-]1cccc2c1C1[N-]C=CN1CC2. The molecule has 0 saturated carbocycles. The van der Waals surface area contributed by atoms with Crippen LogP contribution in [0.1, 0.15) is 17.3 Å². The average Bonchev–Trinajstić information content (AvgIpc) is 3.35. The Bertz CT molecular complexity index is 1230. The van der Waals surface area contributed by atoms with Crippen molar-refractivity contribution in [2.75, 3.05) is 6.54 Å². The normalized spacial score (nSPS) is 15.3. The van der Waals surface area contributed by atoms with Gasteiger partial charge in [0.2, 0.25) is 0 Å². The molecular formula is C28H21FIrN3. The summed E-state index contributed by atoms with van der Waals surface area (Å²) in [5.74, 6) is -0.275. The first kappa shape index (κ1) is 22.9. The molecule has 0 saturated heterocycles. The summed E-state index contributed by atoms with van der Waals surface area (Å²) in [7, 11) is 0. The number of fused-ring (bicyclic) bond motifs is 3. The molecule has 164 valence electrons. The first-order valence-corrected chi connectivity index (χ1v) is 10.6. The molecule has 0 radical (unpaired) electrons. The molecule has 4 aromatic rings. The van der Waals surface area contributed by atoms with Crippen molar-refractivity contribution in [2.24, 2.45) is 0 Å². The zero-order chi connectivity index (χ0) is 21.8. The van der Waals surface area contributed by atoms with E-state index in [0.29, 0.717) is 5.56 Å². The Morgan fingerprint density at radius 2 is 1.82 bits per heavy atom. The number of hydrogen-bond acceptors (Lipinski definition) is 2. The molecule has 0 amide bonds. The van der Waals surface area contributed by atoms with Crippen molar-refractivity contribution < 1.29 is 24.5 Å². The quantitative estimate of drug-likeness (QED) is 0.241. The molecule has 5 heteroatoms. The van der Waals surface area contributed by atoms with Crippen molar-refractivity contribution in [1.82, 2.24) is 9.88 Å². The summed E-state index contributed by atoms with van der Waals surface area (Å²) in [4.78, 5) is 6.63. The van der Waals surface area contributed by atoms with Crippen LogP contribution in [0.4, 0.5) is 4.39 Å². The van der Waals surface area contributed by atoms with Crippen molar-refractivity contribution in [2.45, 2.75) is 12.6 Å². The van der Waals surface area contributed by atoms with Gasteiger partial charge < -0.3 is 15.2 Å². The molecule has 3 nitrogen and oxygen atoms in total. The molecule has 2 aliphatic rings. The number of hydrogen-bond donors (Lipinski definition) is 0. The van der Waals surface area contributed by atoms with Crippen LogP contribution in [-0.4, -0.2) is 16.4 Å². The predicted octanol–water partition coefficient (Wildman–Crippen LogP) is 6.55. The Morgan fingerprint density at radius 3 is 2.61 bits per heavy atom. The second kappa shape index (κ2) is 10.6. The molecule has 0 fully saturated rings. The largest absolute Gasteiger partial charge is 3.00 e. The van der Waals surface area contributed by atoms with E-state index < -0.39 is 0 Å². The van der Waals surface area contributed by atoms with Gasteiger partial charge in [-0.2, -0.15) is 41.6 Å². The maximum atomic E-state index is 13.1. The second-order valence-electron chi connectivity index (χ2n) is 7.64. The number of nitrogens with zero attached hydrogens (tertiary/aromatic N) is 3. The first-order valence-electron chi connectivity index (χ1n) is 10.6. The molecule has 0 spiro atoms. The van der Waals surface area contributed by atoms with Gasteiger partial charge in [-0.3, -0.25) is 0 Å². The van der Waals surface area contributed by atoms with Crippen LogP contribution in [0.2, 0.25) is 0 Å². The summed E-state index contributed by atoms with van der Waals surface area (Å²) in [5.41, 5.74) is 6.19. The van der Waals surface area contributed by atoms with Gasteiger partial charge in [0.25, 0.3) is 0 Å². The van der Waals surface area contributed by atoms with Crippen molar-refractivity contribution in [3.63, 3.8) is 0 Å². The summed E-state index contributed by atoms with van der Waals surface area (Å²) in [5, 5.41) is 4.41. The van der Waals surface area contributed by atoms with Crippen molar-refractivity contribution in [3.05, 3.63) is 132 Å². The molecule has 3 aromatic carbocycles. The van der Waals surface area contributed by atoms with E-state index in [1.165, 1.54) is 23.3 Å². The van der Waals surface area contributed by atoms with Gasteiger partial charge in [-0.1, -0.05) is 48.9 Å². The van der Waals surface area contributed by atoms with Crippen molar-refractivity contribution in [1.29, 1.82) is 0 Å². The Kier molecular flexibility index (Phi) is 7.33. The Hall–Kier alpha value is -3.27. The Morgan fingerprint density at radius 1 is 0.939 bits per heavy atom. The van der Waals surface area contributed by atoms with Crippen LogP contribution >= 0.6 is 0 Å². The average molecular weight is 611 g/mol. The van der Waals surface area contributed by atoms with Crippen LogP contribution in [-0.2, 0) is 26.5 Å². The van der Waals surface area contributed by atoms with Crippen LogP contribution in [0.25, 0.3) is 27.7 Å². The summed E-state index contributed by atoms with van der Waals surface area (Å²) < 4.78 is 13.1. The molecule has 0 N–H and O–H groups in total. The fourth-order valence-corrected chi connectivity index (χ4v) is 3.94. The van der Waals surface area contributed by atoms with E-state index in [9.17, 15) is 4.39 Å². The van der Waals surface area contributed by atoms with Crippen LogP contribution in [0.15, 0.2) is 97.5 Å². The maximum absolute atomic E-state index is 13.1. The number of halogens is 1. The smallest absolute Gasteiger partial charge is 0.668 e. The van der Waals surface area contributed by atoms with Crippen LogP contribution in [0, 0.1) is 17.9 Å². The number of aromatic nitrogens is 1. The first-order chi connectivity index (χ1) is 15.8. The number of pyridine rings is 1. The summed E-state index contributed by atoms with van der Waals surface area (Å²) in [6.07, 6.45) is 7.08. The minimum Gasteiger partial charge on any atom is -0.668 e. The zero-order valence-corrected chi connectivity index (χ0v) is 20.2. The zero-order valence-electron chi connectivity index (χ0n) is 17.8. The van der Waals surface area contributed by atoms with Gasteiger partial charge in [0.05, 0.1) is 0 Å². The van der Waals surface area contributed by atoms with Crippen LogP contribution in [0.5, 0.6) is 0 Å². The molecule has 2 aliphatic heterocycles. The molecule has 1 unspecified atom stereocenters. The van der Waals surface area contributed by atoms with Crippen LogP contribution < -0.4 is 0 Å². The van der Waals surface area contributed by atoms with E-state index in [2.05, 4.69) is 45.7 Å². The van der Waals surface area contributed by atoms with Gasteiger partial charge in [-0.05, 0) is 29.2 Å². The Labute approximate surface area is 207 Å². The third-order valence-electron chi connectivity index (χ3n) is 5.59. The van der Waals surface area contributed by atoms with Gasteiger partial charge in [0.1, 0.15) is 0 Å². The Balaban J connectivity index is 0.000000162. The summed E-state index contributed by atoms with van der Waals surface area (Å²) >= 11 is 0. The van der Waals surface area contributed by atoms with Gasteiger partial charge in [-0.15, -0.1) is 29.8 Å². The summed E-state index contributed by atoms with van der Waals surface area (Å²) in [6, 6.07) is 30.7. The number of rotatable bonds is 2. The number of benzene rings is 3. The van der Waals surface area contributed by atoms with Gasteiger partial charge in [0.15, 0.2) is 0 Å². The van der Waals surface area contributed by atoms with Crippen molar-refractivity contribution in [3.8, 4) is 22.4 Å². The maximum Gasteiger partial charge on any atom is 3.00 e. The van der Waals surface area contributed by atoms with Gasteiger partial charge in [-0.25, -0.2) is 4.39 Å². The van der Waals surface area contributed by atoms with Gasteiger partial charge >= 0.3 is 20.1 Å². The van der Waals surface area contributed by atoms with Crippen LogP contribution in [0.3, 0.4) is 0 Å². The van der Waals surface area contributed by atoms with Gasteiger partial charge in [0, 0.05) is 18.6 Å². The fourth-order valence-electron chi connectivity index (χ4n) is 3.94. The van der Waals surface area contributed by atoms with E-state index in [1.807, 2.05) is 54.7 Å². The second-order valence-corrected chi connectivity index (χ2v) is 7.64. The predicted molar refractivity (Wildman–Crippen MR) is 125 cm³/mol. The van der Waals surface area contributed by atoms with Crippen molar-refractivity contribution >= 4 is 0 Å². The molecule has 1 aromatic heterocycles. The molecule has 1 atom stereocenters. The minimum atomic E-state index is -0.275. The van der Waals surface area contributed by atoms with E-state index >= 15 is 0 Å². The minimum absolute atomic E-state index is 0. The van der Waals surface area contributed by atoms with E-state index in [0.717, 1.165) is 29.8 Å². The molecule has 0 bridgehead atoms. The van der Waals surface area contributed by atoms with E-state index in [1.54, 1.807) is 12.3 Å². The fraction of sp³-hybridized carbons (Fsp3) is 0.107. The molecule has 33 heavy (non-hydrogen) atoms.